The lowest BCUT2D eigenvalue weighted by molar-refractivity contribution is 0.0644. The van der Waals surface area contributed by atoms with Crippen LogP contribution in [0.5, 0.6) is 0 Å². The Morgan fingerprint density at radius 3 is 1.92 bits per heavy atom. The smallest absolute Gasteiger partial charge is 0.261 e. The average molecular weight is 490 g/mol. The highest BCUT2D eigenvalue weighted by Gasteiger charge is 2.35. The zero-order valence-electron chi connectivity index (χ0n) is 20.0. The van der Waals surface area contributed by atoms with Gasteiger partial charge in [-0.15, -0.1) is 0 Å². The van der Waals surface area contributed by atoms with Gasteiger partial charge in [-0.25, -0.2) is 8.78 Å². The van der Waals surface area contributed by atoms with Gasteiger partial charge in [-0.05, 0) is 98.9 Å². The van der Waals surface area contributed by atoms with Crippen molar-refractivity contribution in [3.8, 4) is 0 Å². The van der Waals surface area contributed by atoms with Crippen molar-refractivity contribution in [2.75, 3.05) is 31.5 Å². The number of amides is 2. The van der Waals surface area contributed by atoms with Crippen LogP contribution in [0.1, 0.15) is 51.6 Å². The predicted molar refractivity (Wildman–Crippen MR) is 135 cm³/mol. The number of benzene rings is 3. The molecule has 2 aliphatic rings. The largest absolute Gasteiger partial charge is 0.378 e. The maximum atomic E-state index is 13.6. The summed E-state index contributed by atoms with van der Waals surface area (Å²) in [7, 11) is 0. The van der Waals surface area contributed by atoms with E-state index in [0.29, 0.717) is 23.6 Å². The summed E-state index contributed by atoms with van der Waals surface area (Å²) < 4.78 is 26.9. The van der Waals surface area contributed by atoms with Gasteiger partial charge in [-0.3, -0.25) is 14.5 Å². The molecule has 0 spiro atoms. The molecule has 3 aromatic rings. The summed E-state index contributed by atoms with van der Waals surface area (Å²) in [5.74, 6) is -0.639. The monoisotopic (exact) mass is 489 g/mol. The molecule has 0 aromatic heterocycles. The molecule has 1 atom stereocenters. The predicted octanol–water partition coefficient (Wildman–Crippen LogP) is 5.52. The van der Waals surface area contributed by atoms with E-state index in [9.17, 15) is 18.4 Å². The van der Waals surface area contributed by atoms with Crippen molar-refractivity contribution in [1.82, 2.24) is 9.80 Å². The maximum Gasteiger partial charge on any atom is 0.261 e. The number of imide groups is 1. The molecule has 2 heterocycles. The summed E-state index contributed by atoms with van der Waals surface area (Å²) in [6.45, 7) is 3.02. The van der Waals surface area contributed by atoms with E-state index in [1.165, 1.54) is 29.2 Å². The lowest BCUT2D eigenvalue weighted by atomic mass is 9.85. The highest BCUT2D eigenvalue weighted by Crippen LogP contribution is 2.34. The second-order valence-corrected chi connectivity index (χ2v) is 9.52. The van der Waals surface area contributed by atoms with Crippen LogP contribution in [0.4, 0.5) is 14.5 Å². The number of fused-ring (bicyclic) bond motifs is 1. The Morgan fingerprint density at radius 1 is 0.778 bits per heavy atom. The first kappa shape index (κ1) is 24.1. The topological polar surface area (TPSA) is 52.7 Å². The first-order valence-corrected chi connectivity index (χ1v) is 12.4. The van der Waals surface area contributed by atoms with Crippen molar-refractivity contribution in [3.63, 3.8) is 0 Å². The molecule has 5 rings (SSSR count). The fourth-order valence-corrected chi connectivity index (χ4v) is 5.27. The number of likely N-dealkylation sites (tertiary alicyclic amines) is 1. The van der Waals surface area contributed by atoms with Gasteiger partial charge in [-0.1, -0.05) is 24.3 Å². The van der Waals surface area contributed by atoms with Gasteiger partial charge in [0.1, 0.15) is 11.6 Å². The highest BCUT2D eigenvalue weighted by atomic mass is 19.1. The van der Waals surface area contributed by atoms with Crippen molar-refractivity contribution < 1.29 is 18.4 Å². The molecule has 0 radical (unpaired) electrons. The van der Waals surface area contributed by atoms with E-state index < -0.39 is 0 Å². The Hall–Kier alpha value is -3.58. The van der Waals surface area contributed by atoms with E-state index >= 15 is 0 Å². The third-order valence-electron chi connectivity index (χ3n) is 7.23. The number of halogens is 2. The molecule has 36 heavy (non-hydrogen) atoms. The summed E-state index contributed by atoms with van der Waals surface area (Å²) in [5.41, 5.74) is 2.81. The van der Waals surface area contributed by atoms with Crippen LogP contribution in [0.15, 0.2) is 72.8 Å². The molecule has 0 aliphatic carbocycles. The van der Waals surface area contributed by atoms with Crippen LogP contribution < -0.4 is 5.32 Å². The van der Waals surface area contributed by atoms with Gasteiger partial charge >= 0.3 is 0 Å². The summed E-state index contributed by atoms with van der Waals surface area (Å²) >= 11 is 0. The van der Waals surface area contributed by atoms with E-state index in [2.05, 4.69) is 10.2 Å². The van der Waals surface area contributed by atoms with Crippen LogP contribution in [0.3, 0.4) is 0 Å². The number of carbonyl (C=O) groups excluding carboxylic acids is 2. The van der Waals surface area contributed by atoms with E-state index in [1.807, 2.05) is 12.1 Å². The number of nitrogens with one attached hydrogen (secondary N) is 1. The Kier molecular flexibility index (Phi) is 7.09. The third-order valence-corrected chi connectivity index (χ3v) is 7.23. The van der Waals surface area contributed by atoms with Gasteiger partial charge < -0.3 is 10.2 Å². The van der Waals surface area contributed by atoms with E-state index in [0.717, 1.165) is 50.1 Å². The van der Waals surface area contributed by atoms with Gasteiger partial charge in [0, 0.05) is 12.2 Å². The molecule has 1 N–H and O–H groups in total. The van der Waals surface area contributed by atoms with Gasteiger partial charge in [0.2, 0.25) is 0 Å². The van der Waals surface area contributed by atoms with E-state index in [1.54, 1.807) is 36.4 Å². The normalized spacial score (nSPS) is 17.3. The molecule has 2 amide bonds. The minimum Gasteiger partial charge on any atom is -0.378 e. The fraction of sp³-hybridized carbons (Fsp3) is 0.310. The Bertz CT molecular complexity index is 1190. The maximum absolute atomic E-state index is 13.6. The van der Waals surface area contributed by atoms with Crippen molar-refractivity contribution in [1.29, 1.82) is 0 Å². The van der Waals surface area contributed by atoms with E-state index in [4.69, 9.17) is 0 Å². The number of anilines is 1. The molecule has 3 aromatic carbocycles. The number of carbonyl (C=O) groups is 2. The molecule has 0 saturated carbocycles. The Morgan fingerprint density at radius 2 is 1.33 bits per heavy atom. The van der Waals surface area contributed by atoms with Crippen molar-refractivity contribution in [2.24, 2.45) is 5.92 Å². The van der Waals surface area contributed by atoms with Crippen molar-refractivity contribution in [2.45, 2.75) is 25.3 Å². The SMILES string of the molecule is O=C1c2ccccc2C(=O)N1CCCN1CCC(C(Nc2ccc(F)cc2)c2ccc(F)cc2)CC1. The number of hydrogen-bond donors (Lipinski definition) is 1. The summed E-state index contributed by atoms with van der Waals surface area (Å²) in [6, 6.07) is 19.8. The number of piperidine rings is 1. The molecule has 1 fully saturated rings. The minimum atomic E-state index is -0.284. The molecule has 5 nitrogen and oxygen atoms in total. The van der Waals surface area contributed by atoms with Crippen LogP contribution in [-0.4, -0.2) is 47.8 Å². The van der Waals surface area contributed by atoms with Crippen LogP contribution in [0, 0.1) is 17.6 Å². The number of hydrogen-bond acceptors (Lipinski definition) is 4. The summed E-state index contributed by atoms with van der Waals surface area (Å²) in [6.07, 6.45) is 2.62. The van der Waals surface area contributed by atoms with Crippen LogP contribution >= 0.6 is 0 Å². The van der Waals surface area contributed by atoms with Crippen molar-refractivity contribution in [3.05, 3.63) is 101 Å². The molecule has 2 aliphatic heterocycles. The third kappa shape index (κ3) is 5.16. The Labute approximate surface area is 209 Å². The van der Waals surface area contributed by atoms with Gasteiger partial charge in [0.15, 0.2) is 0 Å². The van der Waals surface area contributed by atoms with Gasteiger partial charge in [0.05, 0.1) is 17.2 Å². The summed E-state index contributed by atoms with van der Waals surface area (Å²) in [5, 5.41) is 3.54. The molecule has 186 valence electrons. The van der Waals surface area contributed by atoms with E-state index in [-0.39, 0.29) is 29.5 Å². The number of rotatable bonds is 8. The average Bonchev–Trinajstić information content (AvgIpc) is 3.14. The lowest BCUT2D eigenvalue weighted by Gasteiger charge is -2.37. The zero-order valence-corrected chi connectivity index (χ0v) is 20.0. The second kappa shape index (κ2) is 10.6. The quantitative estimate of drug-likeness (QED) is 0.424. The fourth-order valence-electron chi connectivity index (χ4n) is 5.27. The molecule has 7 heteroatoms. The van der Waals surface area contributed by atoms with Gasteiger partial charge in [-0.2, -0.15) is 0 Å². The standard InChI is InChI=1S/C29H29F2N3O2/c30-22-8-6-20(7-9-22)27(32-24-12-10-23(31)11-13-24)21-14-18-33(19-15-21)16-3-17-34-28(35)25-4-1-2-5-26(25)29(34)36/h1-2,4-13,21,27,32H,3,14-19H2. The highest BCUT2D eigenvalue weighted by molar-refractivity contribution is 6.21. The van der Waals surface area contributed by atoms with Crippen LogP contribution in [-0.2, 0) is 0 Å². The molecule has 1 saturated heterocycles. The molecule has 1 unspecified atom stereocenters. The van der Waals surface area contributed by atoms with Crippen molar-refractivity contribution >= 4 is 17.5 Å². The zero-order chi connectivity index (χ0) is 25.1. The second-order valence-electron chi connectivity index (χ2n) is 9.52. The van der Waals surface area contributed by atoms with Crippen LogP contribution in [0.25, 0.3) is 0 Å². The molecule has 0 bridgehead atoms. The first-order chi connectivity index (χ1) is 17.5. The summed E-state index contributed by atoms with van der Waals surface area (Å²) in [4.78, 5) is 28.9. The van der Waals surface area contributed by atoms with Gasteiger partial charge in [0.25, 0.3) is 11.8 Å². The first-order valence-electron chi connectivity index (χ1n) is 12.4. The Balaban J connectivity index is 1.17. The molecular formula is C29H29F2N3O2. The van der Waals surface area contributed by atoms with Crippen LogP contribution in [0.2, 0.25) is 0 Å². The minimum absolute atomic E-state index is 0.0171. The lowest BCUT2D eigenvalue weighted by Crippen LogP contribution is -2.39. The number of nitrogens with zero attached hydrogens (tertiary/aromatic N) is 2. The molecular weight excluding hydrogens is 460 g/mol.